The first-order chi connectivity index (χ1) is 7.31. The molecule has 2 aromatic rings. The first-order valence-electron chi connectivity index (χ1n) is 4.51. The number of benzene rings is 1. The summed E-state index contributed by atoms with van der Waals surface area (Å²) in [6.07, 6.45) is 1.72. The topological polar surface area (TPSA) is 22.1 Å². The molecule has 0 saturated carbocycles. The zero-order valence-corrected chi connectivity index (χ0v) is 9.37. The maximum absolute atomic E-state index is 5.82. The van der Waals surface area contributed by atoms with Crippen molar-refractivity contribution in [2.75, 3.05) is 5.88 Å². The van der Waals surface area contributed by atoms with Gasteiger partial charge in [-0.3, -0.25) is 4.98 Å². The summed E-state index contributed by atoms with van der Waals surface area (Å²) in [6, 6.07) is 9.55. The summed E-state index contributed by atoms with van der Waals surface area (Å²) in [6.45, 7) is 0. The number of nitrogens with zero attached hydrogens (tertiary/aromatic N) is 1. The minimum atomic E-state index is -0.528. The second-order valence-corrected chi connectivity index (χ2v) is 3.81. The van der Waals surface area contributed by atoms with Crippen LogP contribution in [0.4, 0.5) is 0 Å². The number of halogens is 2. The van der Waals surface area contributed by atoms with Gasteiger partial charge >= 0.3 is 0 Å². The standard InChI is InChI=1S/C11H9Cl2NO/c12-7-10(13)15-9-5-1-3-8-4-2-6-14-11(8)9/h1-6,10H,7H2. The van der Waals surface area contributed by atoms with Gasteiger partial charge in [0.25, 0.3) is 0 Å². The van der Waals surface area contributed by atoms with Gasteiger partial charge < -0.3 is 4.74 Å². The molecule has 1 atom stereocenters. The van der Waals surface area contributed by atoms with Crippen molar-refractivity contribution in [2.45, 2.75) is 5.56 Å². The summed E-state index contributed by atoms with van der Waals surface area (Å²) in [7, 11) is 0. The average Bonchev–Trinajstić information content (AvgIpc) is 2.29. The number of alkyl halides is 2. The summed E-state index contributed by atoms with van der Waals surface area (Å²) in [5.41, 5.74) is 0.273. The number of para-hydroxylation sites is 1. The van der Waals surface area contributed by atoms with E-state index in [2.05, 4.69) is 4.98 Å². The Morgan fingerprint density at radius 2 is 2.07 bits per heavy atom. The van der Waals surface area contributed by atoms with E-state index in [1.807, 2.05) is 30.3 Å². The quantitative estimate of drug-likeness (QED) is 0.769. The lowest BCUT2D eigenvalue weighted by molar-refractivity contribution is 0.307. The average molecular weight is 242 g/mol. The van der Waals surface area contributed by atoms with E-state index < -0.39 is 5.56 Å². The molecule has 0 N–H and O–H groups in total. The molecule has 4 heteroatoms. The van der Waals surface area contributed by atoms with Crippen molar-refractivity contribution >= 4 is 34.1 Å². The van der Waals surface area contributed by atoms with Gasteiger partial charge in [-0.2, -0.15) is 0 Å². The summed E-state index contributed by atoms with van der Waals surface area (Å²) in [4.78, 5) is 4.24. The second-order valence-electron chi connectivity index (χ2n) is 3.01. The Balaban J connectivity index is 2.42. The monoisotopic (exact) mass is 241 g/mol. The smallest absolute Gasteiger partial charge is 0.185 e. The number of fused-ring (bicyclic) bond motifs is 1. The largest absolute Gasteiger partial charge is 0.471 e. The van der Waals surface area contributed by atoms with Crippen LogP contribution in [0.25, 0.3) is 10.9 Å². The van der Waals surface area contributed by atoms with Gasteiger partial charge in [-0.1, -0.05) is 29.8 Å². The third-order valence-electron chi connectivity index (χ3n) is 1.97. The van der Waals surface area contributed by atoms with Crippen LogP contribution < -0.4 is 4.74 Å². The van der Waals surface area contributed by atoms with Crippen LogP contribution in [0.5, 0.6) is 5.75 Å². The molecule has 0 amide bonds. The molecule has 0 aliphatic rings. The molecule has 0 radical (unpaired) electrons. The highest BCUT2D eigenvalue weighted by molar-refractivity contribution is 6.27. The SMILES string of the molecule is ClCC(Cl)Oc1cccc2cccnc12. The van der Waals surface area contributed by atoms with Crippen molar-refractivity contribution < 1.29 is 4.74 Å². The molecule has 0 aliphatic carbocycles. The number of pyridine rings is 1. The van der Waals surface area contributed by atoms with Gasteiger partial charge in [0.2, 0.25) is 0 Å². The highest BCUT2D eigenvalue weighted by atomic mass is 35.5. The molecule has 1 heterocycles. The molecule has 2 rings (SSSR count). The van der Waals surface area contributed by atoms with E-state index in [0.717, 1.165) is 10.9 Å². The van der Waals surface area contributed by atoms with Crippen LogP contribution in [-0.2, 0) is 0 Å². The Hall–Kier alpha value is -0.990. The molecule has 78 valence electrons. The van der Waals surface area contributed by atoms with Gasteiger partial charge in [0.1, 0.15) is 11.3 Å². The molecule has 0 fully saturated rings. The predicted molar refractivity (Wildman–Crippen MR) is 62.7 cm³/mol. The van der Waals surface area contributed by atoms with Gasteiger partial charge in [0.15, 0.2) is 5.56 Å². The van der Waals surface area contributed by atoms with Crippen molar-refractivity contribution in [3.8, 4) is 5.75 Å². The molecule has 1 unspecified atom stereocenters. The first kappa shape index (κ1) is 10.5. The summed E-state index contributed by atoms with van der Waals surface area (Å²) in [5, 5.41) is 1.02. The van der Waals surface area contributed by atoms with Gasteiger partial charge in [-0.05, 0) is 12.1 Å². The van der Waals surface area contributed by atoms with Gasteiger partial charge in [-0.15, -0.1) is 11.6 Å². The lowest BCUT2D eigenvalue weighted by atomic mass is 10.2. The fourth-order valence-corrected chi connectivity index (χ4v) is 1.50. The molecule has 0 bridgehead atoms. The maximum Gasteiger partial charge on any atom is 0.185 e. The summed E-state index contributed by atoms with van der Waals surface area (Å²) < 4.78 is 5.45. The molecule has 0 spiro atoms. The highest BCUT2D eigenvalue weighted by Crippen LogP contribution is 2.24. The second kappa shape index (κ2) is 4.69. The van der Waals surface area contributed by atoms with Gasteiger partial charge in [0.05, 0.1) is 5.88 Å². The van der Waals surface area contributed by atoms with Crippen molar-refractivity contribution in [3.05, 3.63) is 36.5 Å². The number of ether oxygens (including phenoxy) is 1. The predicted octanol–water partition coefficient (Wildman–Crippen LogP) is 3.42. The van der Waals surface area contributed by atoms with E-state index in [1.165, 1.54) is 0 Å². The van der Waals surface area contributed by atoms with E-state index in [0.29, 0.717) is 5.75 Å². The van der Waals surface area contributed by atoms with Crippen molar-refractivity contribution in [1.29, 1.82) is 0 Å². The summed E-state index contributed by atoms with van der Waals surface area (Å²) >= 11 is 11.4. The van der Waals surface area contributed by atoms with E-state index in [4.69, 9.17) is 27.9 Å². The molecule has 1 aromatic heterocycles. The summed E-state index contributed by atoms with van der Waals surface area (Å²) in [5.74, 6) is 0.902. The fraction of sp³-hybridized carbons (Fsp3) is 0.182. The zero-order chi connectivity index (χ0) is 10.7. The normalized spacial score (nSPS) is 12.7. The number of rotatable bonds is 3. The minimum absolute atomic E-state index is 0.241. The van der Waals surface area contributed by atoms with E-state index in [-0.39, 0.29) is 5.88 Å². The molecule has 15 heavy (non-hydrogen) atoms. The van der Waals surface area contributed by atoms with Crippen LogP contribution >= 0.6 is 23.2 Å². The Labute approximate surface area is 97.8 Å². The first-order valence-corrected chi connectivity index (χ1v) is 5.49. The van der Waals surface area contributed by atoms with Crippen molar-refractivity contribution in [1.82, 2.24) is 4.98 Å². The van der Waals surface area contributed by atoms with E-state index in [1.54, 1.807) is 6.20 Å². The molecule has 2 nitrogen and oxygen atoms in total. The lowest BCUT2D eigenvalue weighted by Gasteiger charge is -2.11. The van der Waals surface area contributed by atoms with Crippen LogP contribution in [0.1, 0.15) is 0 Å². The van der Waals surface area contributed by atoms with Gasteiger partial charge in [-0.25, -0.2) is 0 Å². The van der Waals surface area contributed by atoms with Crippen molar-refractivity contribution in [2.24, 2.45) is 0 Å². The zero-order valence-electron chi connectivity index (χ0n) is 7.86. The highest BCUT2D eigenvalue weighted by Gasteiger charge is 2.07. The Morgan fingerprint density at radius 3 is 2.87 bits per heavy atom. The third-order valence-corrected chi connectivity index (χ3v) is 2.65. The number of hydrogen-bond donors (Lipinski definition) is 0. The van der Waals surface area contributed by atoms with Crippen LogP contribution in [0.2, 0.25) is 0 Å². The molecule has 0 saturated heterocycles. The number of hydrogen-bond acceptors (Lipinski definition) is 2. The van der Waals surface area contributed by atoms with Crippen molar-refractivity contribution in [3.63, 3.8) is 0 Å². The van der Waals surface area contributed by atoms with E-state index in [9.17, 15) is 0 Å². The maximum atomic E-state index is 5.82. The Bertz CT molecular complexity index is 456. The molecule has 0 aliphatic heterocycles. The fourth-order valence-electron chi connectivity index (χ4n) is 1.34. The molecular weight excluding hydrogens is 233 g/mol. The lowest BCUT2D eigenvalue weighted by Crippen LogP contribution is -2.10. The third kappa shape index (κ3) is 2.33. The minimum Gasteiger partial charge on any atom is -0.471 e. The Kier molecular flexibility index (Phi) is 3.29. The van der Waals surface area contributed by atoms with Crippen LogP contribution in [-0.4, -0.2) is 16.4 Å². The van der Waals surface area contributed by atoms with Crippen LogP contribution in [0.15, 0.2) is 36.5 Å². The van der Waals surface area contributed by atoms with E-state index >= 15 is 0 Å². The number of aromatic nitrogens is 1. The Morgan fingerprint density at radius 1 is 1.27 bits per heavy atom. The van der Waals surface area contributed by atoms with Gasteiger partial charge in [0, 0.05) is 11.6 Å². The van der Waals surface area contributed by atoms with Crippen LogP contribution in [0.3, 0.4) is 0 Å². The molecule has 1 aromatic carbocycles. The van der Waals surface area contributed by atoms with Crippen LogP contribution in [0, 0.1) is 0 Å². The molecular formula is C11H9Cl2NO.